The maximum Gasteiger partial charge on any atom is 0.416 e. The lowest BCUT2D eigenvalue weighted by Crippen LogP contribution is -2.31. The van der Waals surface area contributed by atoms with Crippen LogP contribution in [0.5, 0.6) is 0 Å². The molecule has 0 saturated heterocycles. The minimum atomic E-state index is -4.36. The van der Waals surface area contributed by atoms with Gasteiger partial charge >= 0.3 is 6.18 Å². The Balaban J connectivity index is 1.50. The molecule has 0 N–H and O–H groups in total. The normalized spacial score (nSPS) is 14.7. The minimum Gasteiger partial charge on any atom is -0.294 e. The number of aromatic nitrogens is 2. The van der Waals surface area contributed by atoms with Gasteiger partial charge in [0.15, 0.2) is 5.82 Å². The summed E-state index contributed by atoms with van der Waals surface area (Å²) in [4.78, 5) is 11.0. The first-order valence-electron chi connectivity index (χ1n) is 8.88. The Kier molecular flexibility index (Phi) is 4.85. The quantitative estimate of drug-likeness (QED) is 0.601. The molecule has 1 aliphatic heterocycles. The van der Waals surface area contributed by atoms with E-state index < -0.39 is 11.7 Å². The molecule has 28 heavy (non-hydrogen) atoms. The molecule has 0 radical (unpaired) electrons. The van der Waals surface area contributed by atoms with Gasteiger partial charge in [0.25, 0.3) is 0 Å². The molecule has 7 heteroatoms. The Bertz CT molecular complexity index is 984. The summed E-state index contributed by atoms with van der Waals surface area (Å²) in [5, 5.41) is 0. The summed E-state index contributed by atoms with van der Waals surface area (Å²) < 4.78 is 52.0. The zero-order valence-electron chi connectivity index (χ0n) is 14.9. The maximum atomic E-state index is 13.9. The van der Waals surface area contributed by atoms with Crippen LogP contribution in [0.3, 0.4) is 0 Å². The van der Waals surface area contributed by atoms with Gasteiger partial charge in [0, 0.05) is 48.9 Å². The zero-order valence-corrected chi connectivity index (χ0v) is 14.9. The smallest absolute Gasteiger partial charge is 0.294 e. The molecule has 0 amide bonds. The van der Waals surface area contributed by atoms with Gasteiger partial charge in [-0.15, -0.1) is 0 Å². The van der Waals surface area contributed by atoms with Gasteiger partial charge in [-0.2, -0.15) is 13.2 Å². The van der Waals surface area contributed by atoms with Gasteiger partial charge in [0.2, 0.25) is 0 Å². The van der Waals surface area contributed by atoms with Crippen LogP contribution < -0.4 is 0 Å². The van der Waals surface area contributed by atoms with E-state index in [0.717, 1.165) is 29.9 Å². The van der Waals surface area contributed by atoms with E-state index in [1.54, 1.807) is 18.3 Å². The Morgan fingerprint density at radius 3 is 2.46 bits per heavy atom. The third-order valence-electron chi connectivity index (χ3n) is 4.84. The number of hydrogen-bond acceptors (Lipinski definition) is 3. The number of halogens is 4. The van der Waals surface area contributed by atoms with Gasteiger partial charge < -0.3 is 0 Å². The van der Waals surface area contributed by atoms with Crippen molar-refractivity contribution < 1.29 is 17.6 Å². The highest BCUT2D eigenvalue weighted by Crippen LogP contribution is 2.30. The molecule has 144 valence electrons. The second-order valence-corrected chi connectivity index (χ2v) is 6.79. The number of alkyl halides is 3. The number of rotatable bonds is 3. The van der Waals surface area contributed by atoms with E-state index in [9.17, 15) is 17.6 Å². The van der Waals surface area contributed by atoms with E-state index in [-0.39, 0.29) is 5.82 Å². The van der Waals surface area contributed by atoms with E-state index in [4.69, 9.17) is 0 Å². The number of nitrogens with zero attached hydrogens (tertiary/aromatic N) is 3. The minimum absolute atomic E-state index is 0.220. The summed E-state index contributed by atoms with van der Waals surface area (Å²) in [6.07, 6.45) is -1.97. The van der Waals surface area contributed by atoms with Crippen molar-refractivity contribution in [3.05, 3.63) is 82.9 Å². The summed E-state index contributed by atoms with van der Waals surface area (Å²) in [6, 6.07) is 11.6. The van der Waals surface area contributed by atoms with Crippen LogP contribution in [0.15, 0.2) is 54.7 Å². The van der Waals surface area contributed by atoms with Gasteiger partial charge in [-0.25, -0.2) is 14.4 Å². The topological polar surface area (TPSA) is 29.0 Å². The molecule has 0 aliphatic carbocycles. The summed E-state index contributed by atoms with van der Waals surface area (Å²) in [5.41, 5.74) is 2.34. The van der Waals surface area contributed by atoms with Crippen LogP contribution in [0.2, 0.25) is 0 Å². The molecule has 0 bridgehead atoms. The third-order valence-corrected chi connectivity index (χ3v) is 4.84. The molecular formula is C21H17F4N3. The molecule has 0 fully saturated rings. The second-order valence-electron chi connectivity index (χ2n) is 6.79. The largest absolute Gasteiger partial charge is 0.416 e. The Hall–Kier alpha value is -2.80. The lowest BCUT2D eigenvalue weighted by Gasteiger charge is -2.28. The summed E-state index contributed by atoms with van der Waals surface area (Å²) in [6.45, 7) is 1.84. The van der Waals surface area contributed by atoms with Crippen LogP contribution in [0.25, 0.3) is 11.4 Å². The molecular weight excluding hydrogens is 370 g/mol. The summed E-state index contributed by atoms with van der Waals surface area (Å²) in [7, 11) is 0. The Labute approximate surface area is 159 Å². The van der Waals surface area contributed by atoms with Crippen molar-refractivity contribution in [2.45, 2.75) is 25.7 Å². The first-order chi connectivity index (χ1) is 13.4. The first-order valence-corrected chi connectivity index (χ1v) is 8.88. The highest BCUT2D eigenvalue weighted by Gasteiger charge is 2.30. The highest BCUT2D eigenvalue weighted by atomic mass is 19.4. The fourth-order valence-electron chi connectivity index (χ4n) is 3.32. The molecule has 0 atom stereocenters. The van der Waals surface area contributed by atoms with Gasteiger partial charge in [0.1, 0.15) is 5.82 Å². The van der Waals surface area contributed by atoms with E-state index in [0.29, 0.717) is 36.5 Å². The second kappa shape index (κ2) is 7.31. The highest BCUT2D eigenvalue weighted by molar-refractivity contribution is 5.56. The predicted molar refractivity (Wildman–Crippen MR) is 96.7 cm³/mol. The number of hydrogen-bond donors (Lipinski definition) is 0. The summed E-state index contributed by atoms with van der Waals surface area (Å²) in [5.74, 6) is 0.192. The van der Waals surface area contributed by atoms with E-state index in [2.05, 4.69) is 14.9 Å². The van der Waals surface area contributed by atoms with Crippen LogP contribution >= 0.6 is 0 Å². The molecule has 0 spiro atoms. The van der Waals surface area contributed by atoms with Crippen LogP contribution in [-0.2, 0) is 25.7 Å². The number of fused-ring (bicyclic) bond motifs is 1. The lowest BCUT2D eigenvalue weighted by atomic mass is 10.1. The fraction of sp³-hybridized carbons (Fsp3) is 0.238. The van der Waals surface area contributed by atoms with Crippen molar-refractivity contribution in [2.75, 3.05) is 6.54 Å². The molecule has 1 aromatic heterocycles. The van der Waals surface area contributed by atoms with Crippen molar-refractivity contribution in [1.82, 2.24) is 14.9 Å². The van der Waals surface area contributed by atoms with Crippen LogP contribution in [0.4, 0.5) is 17.6 Å². The summed E-state index contributed by atoms with van der Waals surface area (Å²) >= 11 is 0. The van der Waals surface area contributed by atoms with Crippen molar-refractivity contribution in [1.29, 1.82) is 0 Å². The van der Waals surface area contributed by atoms with Crippen molar-refractivity contribution in [2.24, 2.45) is 0 Å². The average Bonchev–Trinajstić information content (AvgIpc) is 2.69. The molecule has 2 heterocycles. The monoisotopic (exact) mass is 387 g/mol. The predicted octanol–water partition coefficient (Wildman–Crippen LogP) is 4.86. The molecule has 3 nitrogen and oxygen atoms in total. The molecule has 1 aliphatic rings. The SMILES string of the molecule is Fc1ccccc1CN1CCc2nc(-c3ccc(C(F)(F)F)cc3)ncc2C1. The van der Waals surface area contributed by atoms with Crippen LogP contribution in [-0.4, -0.2) is 21.4 Å². The van der Waals surface area contributed by atoms with E-state index in [1.807, 2.05) is 6.07 Å². The zero-order chi connectivity index (χ0) is 19.7. The lowest BCUT2D eigenvalue weighted by molar-refractivity contribution is -0.137. The van der Waals surface area contributed by atoms with E-state index >= 15 is 0 Å². The van der Waals surface area contributed by atoms with Crippen LogP contribution in [0, 0.1) is 5.82 Å². The standard InChI is InChI=1S/C21H17F4N3/c22-18-4-2-1-3-15(18)12-28-10-9-19-16(13-28)11-26-20(27-19)14-5-7-17(8-6-14)21(23,24)25/h1-8,11H,9-10,12-13H2. The van der Waals surface area contributed by atoms with Gasteiger partial charge in [-0.05, 0) is 18.2 Å². The Morgan fingerprint density at radius 1 is 1.00 bits per heavy atom. The molecule has 4 rings (SSSR count). The average molecular weight is 387 g/mol. The van der Waals surface area contributed by atoms with Crippen LogP contribution in [0.1, 0.15) is 22.4 Å². The van der Waals surface area contributed by atoms with Gasteiger partial charge in [-0.3, -0.25) is 4.90 Å². The first kappa shape index (κ1) is 18.6. The van der Waals surface area contributed by atoms with E-state index in [1.165, 1.54) is 18.2 Å². The fourth-order valence-corrected chi connectivity index (χ4v) is 3.32. The number of benzene rings is 2. The van der Waals surface area contributed by atoms with Gasteiger partial charge in [-0.1, -0.05) is 30.3 Å². The molecule has 0 saturated carbocycles. The van der Waals surface area contributed by atoms with Crippen molar-refractivity contribution in [3.8, 4) is 11.4 Å². The van der Waals surface area contributed by atoms with Crippen molar-refractivity contribution >= 4 is 0 Å². The third kappa shape index (κ3) is 3.89. The molecule has 3 aromatic rings. The molecule has 2 aromatic carbocycles. The maximum absolute atomic E-state index is 13.9. The Morgan fingerprint density at radius 2 is 1.75 bits per heavy atom. The molecule has 0 unspecified atom stereocenters. The van der Waals surface area contributed by atoms with Gasteiger partial charge in [0.05, 0.1) is 11.3 Å². The van der Waals surface area contributed by atoms with Crippen molar-refractivity contribution in [3.63, 3.8) is 0 Å².